The fourth-order valence-corrected chi connectivity index (χ4v) is 4.00. The van der Waals surface area contributed by atoms with E-state index >= 15 is 0 Å². The van der Waals surface area contributed by atoms with Gasteiger partial charge in [-0.1, -0.05) is 24.6 Å². The molecule has 3 N–H and O–H groups in total. The third kappa shape index (κ3) is 4.87. The van der Waals surface area contributed by atoms with E-state index in [-0.39, 0.29) is 16.8 Å². The van der Waals surface area contributed by atoms with Gasteiger partial charge < -0.3 is 14.8 Å². The van der Waals surface area contributed by atoms with Crippen LogP contribution in [0.5, 0.6) is 5.75 Å². The number of nitrogens with one attached hydrogen (secondary N) is 2. The molecule has 1 heterocycles. The van der Waals surface area contributed by atoms with Crippen molar-refractivity contribution < 1.29 is 14.3 Å². The Kier molecular flexibility index (Phi) is 6.63. The highest BCUT2D eigenvalue weighted by Gasteiger charge is 2.16. The highest BCUT2D eigenvalue weighted by Crippen LogP contribution is 2.33. The van der Waals surface area contributed by atoms with Gasteiger partial charge in [-0.15, -0.1) is 0 Å². The Bertz CT molecular complexity index is 1360. The van der Waals surface area contributed by atoms with Gasteiger partial charge >= 0.3 is 0 Å². The molecule has 0 aliphatic heterocycles. The van der Waals surface area contributed by atoms with Crippen LogP contribution in [-0.4, -0.2) is 21.1 Å². The number of phenols is 1. The van der Waals surface area contributed by atoms with E-state index < -0.39 is 5.91 Å². The second kappa shape index (κ2) is 9.43. The van der Waals surface area contributed by atoms with E-state index in [4.69, 9.17) is 28.2 Å². The molecular weight excluding hydrogens is 561 g/mol. The Morgan fingerprint density at radius 2 is 2.00 bits per heavy atom. The van der Waals surface area contributed by atoms with Crippen LogP contribution in [0.1, 0.15) is 22.8 Å². The van der Waals surface area contributed by atoms with Crippen molar-refractivity contribution in [3.05, 3.63) is 74.3 Å². The van der Waals surface area contributed by atoms with Crippen LogP contribution in [0.4, 0.5) is 5.69 Å². The molecule has 0 bridgehead atoms. The predicted molar refractivity (Wildman–Crippen MR) is 138 cm³/mol. The number of benzene rings is 3. The van der Waals surface area contributed by atoms with E-state index in [0.717, 1.165) is 15.6 Å². The van der Waals surface area contributed by atoms with Gasteiger partial charge in [0.15, 0.2) is 10.7 Å². The molecule has 6 nitrogen and oxygen atoms in total. The number of fused-ring (bicyclic) bond motifs is 1. The van der Waals surface area contributed by atoms with Gasteiger partial charge in [-0.25, -0.2) is 4.98 Å². The number of hydrogen-bond acceptors (Lipinski definition) is 5. The van der Waals surface area contributed by atoms with Gasteiger partial charge in [0.25, 0.3) is 5.91 Å². The first-order valence-corrected chi connectivity index (χ1v) is 11.5. The third-order valence-electron chi connectivity index (χ3n) is 4.75. The summed E-state index contributed by atoms with van der Waals surface area (Å²) < 4.78 is 6.70. The quantitative estimate of drug-likeness (QED) is 0.153. The van der Waals surface area contributed by atoms with Gasteiger partial charge in [0.1, 0.15) is 11.3 Å². The molecule has 162 valence electrons. The molecule has 0 atom stereocenters. The van der Waals surface area contributed by atoms with Crippen molar-refractivity contribution in [3.63, 3.8) is 0 Å². The molecule has 0 spiro atoms. The number of rotatable bonds is 4. The summed E-state index contributed by atoms with van der Waals surface area (Å²) in [4.78, 5) is 17.0. The van der Waals surface area contributed by atoms with E-state index in [1.54, 1.807) is 24.3 Å². The Morgan fingerprint density at radius 1 is 1.19 bits per heavy atom. The Labute approximate surface area is 208 Å². The minimum atomic E-state index is -0.421. The molecule has 4 aromatic rings. The van der Waals surface area contributed by atoms with E-state index in [2.05, 4.69) is 45.1 Å². The van der Waals surface area contributed by atoms with Crippen LogP contribution >= 0.6 is 46.4 Å². The molecule has 4 rings (SSSR count). The van der Waals surface area contributed by atoms with Crippen LogP contribution < -0.4 is 10.6 Å². The molecule has 0 radical (unpaired) electrons. The van der Waals surface area contributed by atoms with Crippen molar-refractivity contribution in [2.75, 3.05) is 5.32 Å². The lowest BCUT2D eigenvalue weighted by Crippen LogP contribution is -2.34. The van der Waals surface area contributed by atoms with Crippen molar-refractivity contribution >= 4 is 74.2 Å². The number of oxazole rings is 1. The third-order valence-corrected chi connectivity index (χ3v) is 5.95. The number of carbonyl (C=O) groups excluding carboxylic acids is 1. The molecule has 0 unspecified atom stereocenters. The maximum atomic E-state index is 12.5. The summed E-state index contributed by atoms with van der Waals surface area (Å²) in [7, 11) is 0. The number of phenolic OH excluding ortho intramolecular Hbond substituents is 1. The molecule has 0 aliphatic rings. The predicted octanol–water partition coefficient (Wildman–Crippen LogP) is 6.15. The molecule has 3 aromatic carbocycles. The molecule has 0 aliphatic carbocycles. The first-order valence-electron chi connectivity index (χ1n) is 9.64. The van der Waals surface area contributed by atoms with Crippen LogP contribution in [-0.2, 0) is 6.42 Å². The van der Waals surface area contributed by atoms with Crippen LogP contribution in [0, 0.1) is 3.57 Å². The highest BCUT2D eigenvalue weighted by atomic mass is 127. The van der Waals surface area contributed by atoms with E-state index in [0.29, 0.717) is 32.9 Å². The lowest BCUT2D eigenvalue weighted by molar-refractivity contribution is 0.0978. The van der Waals surface area contributed by atoms with Crippen molar-refractivity contribution in [1.82, 2.24) is 10.3 Å². The molecule has 32 heavy (non-hydrogen) atoms. The summed E-state index contributed by atoms with van der Waals surface area (Å²) in [5, 5.41) is 16.3. The number of hydrogen-bond donors (Lipinski definition) is 3. The van der Waals surface area contributed by atoms with Crippen LogP contribution in [0.2, 0.25) is 5.02 Å². The molecule has 0 saturated heterocycles. The summed E-state index contributed by atoms with van der Waals surface area (Å²) in [6.07, 6.45) is 0.888. The fourth-order valence-electron chi connectivity index (χ4n) is 3.10. The van der Waals surface area contributed by atoms with Gasteiger partial charge in [0.2, 0.25) is 5.89 Å². The number of nitrogens with zero attached hydrogens (tertiary/aromatic N) is 1. The number of anilines is 1. The van der Waals surface area contributed by atoms with Gasteiger partial charge in [-0.2, -0.15) is 0 Å². The summed E-state index contributed by atoms with van der Waals surface area (Å²) in [5.74, 6) is -0.121. The van der Waals surface area contributed by atoms with Gasteiger partial charge in [-0.05, 0) is 95.3 Å². The zero-order valence-corrected chi connectivity index (χ0v) is 20.5. The molecule has 0 fully saturated rings. The van der Waals surface area contributed by atoms with Crippen LogP contribution in [0.15, 0.2) is 59.0 Å². The average molecular weight is 578 g/mol. The van der Waals surface area contributed by atoms with Crippen LogP contribution in [0.25, 0.3) is 22.6 Å². The maximum Gasteiger partial charge on any atom is 0.258 e. The average Bonchev–Trinajstić information content (AvgIpc) is 3.19. The molecule has 0 saturated carbocycles. The largest absolute Gasteiger partial charge is 0.507 e. The number of carbonyl (C=O) groups is 1. The van der Waals surface area contributed by atoms with Gasteiger partial charge in [0.05, 0.1) is 16.1 Å². The van der Waals surface area contributed by atoms with E-state index in [1.165, 1.54) is 6.07 Å². The van der Waals surface area contributed by atoms with E-state index in [9.17, 15) is 9.90 Å². The number of thiocarbonyl (C=S) groups is 1. The lowest BCUT2D eigenvalue weighted by Gasteiger charge is -2.11. The minimum absolute atomic E-state index is 0.0124. The van der Waals surface area contributed by atoms with Gasteiger partial charge in [0, 0.05) is 9.26 Å². The highest BCUT2D eigenvalue weighted by molar-refractivity contribution is 14.1. The fraction of sp³-hybridized carbons (Fsp3) is 0.0870. The second-order valence-corrected chi connectivity index (χ2v) is 9.00. The van der Waals surface area contributed by atoms with Crippen molar-refractivity contribution in [2.24, 2.45) is 0 Å². The second-order valence-electron chi connectivity index (χ2n) is 6.94. The number of aromatic hydroxyl groups is 1. The monoisotopic (exact) mass is 577 g/mol. The topological polar surface area (TPSA) is 87.4 Å². The number of amides is 1. The Balaban J connectivity index is 1.54. The summed E-state index contributed by atoms with van der Waals surface area (Å²) in [6.45, 7) is 2.07. The Morgan fingerprint density at radius 3 is 2.78 bits per heavy atom. The van der Waals surface area contributed by atoms with Gasteiger partial charge in [-0.3, -0.25) is 10.1 Å². The number of aromatic nitrogens is 1. The Hall–Kier alpha value is -2.69. The zero-order chi connectivity index (χ0) is 22.8. The van der Waals surface area contributed by atoms with Crippen molar-refractivity contribution in [2.45, 2.75) is 13.3 Å². The zero-order valence-electron chi connectivity index (χ0n) is 16.8. The van der Waals surface area contributed by atoms with E-state index in [1.807, 2.05) is 24.3 Å². The molecular formula is C23H17ClIN3O3S. The first kappa shape index (κ1) is 22.5. The van der Waals surface area contributed by atoms with Crippen molar-refractivity contribution in [3.8, 4) is 17.2 Å². The normalized spacial score (nSPS) is 10.8. The number of halogens is 2. The SMILES string of the molecule is CCc1ccc2oc(-c3cc(NC(=S)NC(=O)c4cc(I)ccc4Cl)ccc3O)nc2c1. The maximum absolute atomic E-state index is 12.5. The summed E-state index contributed by atoms with van der Waals surface area (Å²) in [6, 6.07) is 15.7. The smallest absolute Gasteiger partial charge is 0.258 e. The molecule has 1 aromatic heterocycles. The minimum Gasteiger partial charge on any atom is -0.507 e. The number of aryl methyl sites for hydroxylation is 1. The van der Waals surface area contributed by atoms with Crippen LogP contribution in [0.3, 0.4) is 0 Å². The molecule has 1 amide bonds. The standard InChI is InChI=1S/C23H17ClIN3O3S/c1-2-12-3-8-20-18(9-12)27-22(31-20)16-11-14(5-7-19(16)29)26-23(32)28-21(30)15-10-13(25)4-6-17(15)24/h3-11,29H,2H2,1H3,(H2,26,28,30,32). The molecule has 9 heteroatoms. The summed E-state index contributed by atoms with van der Waals surface area (Å²) >= 11 is 13.5. The lowest BCUT2D eigenvalue weighted by atomic mass is 10.1. The first-order chi connectivity index (χ1) is 15.3. The van der Waals surface area contributed by atoms with Crippen molar-refractivity contribution in [1.29, 1.82) is 0 Å². The summed E-state index contributed by atoms with van der Waals surface area (Å²) in [5.41, 5.74) is 3.77.